The van der Waals surface area contributed by atoms with Gasteiger partial charge in [0.2, 0.25) is 0 Å². The lowest BCUT2D eigenvalue weighted by Gasteiger charge is -2.29. The van der Waals surface area contributed by atoms with Crippen LogP contribution in [0.15, 0.2) is 18.5 Å². The number of ether oxygens (including phenoxy) is 1. The van der Waals surface area contributed by atoms with Crippen LogP contribution in [-0.2, 0) is 0 Å². The van der Waals surface area contributed by atoms with Gasteiger partial charge >= 0.3 is 0 Å². The van der Waals surface area contributed by atoms with Crippen molar-refractivity contribution in [2.24, 2.45) is 5.92 Å². The van der Waals surface area contributed by atoms with E-state index in [0.29, 0.717) is 0 Å². The van der Waals surface area contributed by atoms with Crippen molar-refractivity contribution in [1.29, 1.82) is 0 Å². The second-order valence-electron chi connectivity index (χ2n) is 5.22. The quantitative estimate of drug-likeness (QED) is 0.878. The molecule has 1 aromatic heterocycles. The van der Waals surface area contributed by atoms with Crippen LogP contribution < -0.4 is 15.0 Å². The topological polar surface area (TPSA) is 37.4 Å². The smallest absolute Gasteiger partial charge is 0.139 e. The minimum absolute atomic E-state index is 0.771. The highest BCUT2D eigenvalue weighted by molar-refractivity contribution is 5.48. The number of piperazine rings is 1. The first-order valence-electron chi connectivity index (χ1n) is 6.95. The summed E-state index contributed by atoms with van der Waals surface area (Å²) >= 11 is 0. The summed E-state index contributed by atoms with van der Waals surface area (Å²) in [5.74, 6) is 1.69. The second-order valence-corrected chi connectivity index (χ2v) is 5.22. The highest BCUT2D eigenvalue weighted by Gasteiger charge is 2.18. The number of rotatable bonds is 4. The van der Waals surface area contributed by atoms with Crippen LogP contribution in [0.1, 0.15) is 19.3 Å². The average Bonchev–Trinajstić information content (AvgIpc) is 2.38. The minimum Gasteiger partial charge on any atom is -0.492 e. The van der Waals surface area contributed by atoms with Crippen molar-refractivity contribution in [3.8, 4) is 5.75 Å². The van der Waals surface area contributed by atoms with Gasteiger partial charge in [0.1, 0.15) is 5.75 Å². The molecule has 1 aromatic rings. The molecule has 1 saturated carbocycles. The molecule has 1 aliphatic carbocycles. The first-order valence-corrected chi connectivity index (χ1v) is 6.95. The Labute approximate surface area is 108 Å². The molecule has 4 heteroatoms. The number of hydrogen-bond acceptors (Lipinski definition) is 4. The lowest BCUT2D eigenvalue weighted by Crippen LogP contribution is -2.43. The third-order valence-corrected chi connectivity index (χ3v) is 3.89. The Morgan fingerprint density at radius 1 is 1.28 bits per heavy atom. The monoisotopic (exact) mass is 247 g/mol. The van der Waals surface area contributed by atoms with E-state index in [1.54, 1.807) is 0 Å². The number of aromatic nitrogens is 1. The molecule has 0 aromatic carbocycles. The molecule has 1 saturated heterocycles. The van der Waals surface area contributed by atoms with Crippen molar-refractivity contribution in [1.82, 2.24) is 10.3 Å². The summed E-state index contributed by atoms with van der Waals surface area (Å²) in [7, 11) is 0. The van der Waals surface area contributed by atoms with Gasteiger partial charge in [0.15, 0.2) is 0 Å². The standard InChI is InChI=1S/C14H21N3O/c1-2-12(3-1)11-18-14-8-13(9-16-10-14)17-6-4-15-5-7-17/h8-10,12,15H,1-7,11H2. The van der Waals surface area contributed by atoms with Gasteiger partial charge in [0.25, 0.3) is 0 Å². The van der Waals surface area contributed by atoms with Crippen LogP contribution in [0.3, 0.4) is 0 Å². The van der Waals surface area contributed by atoms with E-state index < -0.39 is 0 Å². The van der Waals surface area contributed by atoms with Crippen LogP contribution in [-0.4, -0.2) is 37.8 Å². The summed E-state index contributed by atoms with van der Waals surface area (Å²) in [6.45, 7) is 5.05. The molecular weight excluding hydrogens is 226 g/mol. The first-order chi connectivity index (χ1) is 8.92. The van der Waals surface area contributed by atoms with E-state index in [4.69, 9.17) is 4.74 Å². The Morgan fingerprint density at radius 2 is 2.11 bits per heavy atom. The zero-order valence-electron chi connectivity index (χ0n) is 10.8. The molecule has 0 bridgehead atoms. The van der Waals surface area contributed by atoms with E-state index in [-0.39, 0.29) is 0 Å². The highest BCUT2D eigenvalue weighted by Crippen LogP contribution is 2.27. The largest absolute Gasteiger partial charge is 0.492 e. The highest BCUT2D eigenvalue weighted by atomic mass is 16.5. The Morgan fingerprint density at radius 3 is 2.83 bits per heavy atom. The van der Waals surface area contributed by atoms with Crippen molar-refractivity contribution >= 4 is 5.69 Å². The molecule has 4 nitrogen and oxygen atoms in total. The summed E-state index contributed by atoms with van der Waals surface area (Å²) < 4.78 is 5.84. The van der Waals surface area contributed by atoms with Gasteiger partial charge in [-0.3, -0.25) is 4.98 Å². The van der Waals surface area contributed by atoms with Crippen molar-refractivity contribution in [2.75, 3.05) is 37.7 Å². The van der Waals surface area contributed by atoms with E-state index in [2.05, 4.69) is 21.3 Å². The SMILES string of the molecule is c1ncc(N2CCNCC2)cc1OCC1CCC1. The summed E-state index contributed by atoms with van der Waals surface area (Å²) in [4.78, 5) is 6.66. The van der Waals surface area contributed by atoms with E-state index >= 15 is 0 Å². The Hall–Kier alpha value is -1.29. The van der Waals surface area contributed by atoms with Crippen molar-refractivity contribution in [2.45, 2.75) is 19.3 Å². The number of hydrogen-bond donors (Lipinski definition) is 1. The molecule has 3 rings (SSSR count). The van der Waals surface area contributed by atoms with Gasteiger partial charge in [-0.2, -0.15) is 0 Å². The molecule has 0 unspecified atom stereocenters. The zero-order valence-corrected chi connectivity index (χ0v) is 10.8. The Bertz CT molecular complexity index is 386. The molecule has 2 heterocycles. The van der Waals surface area contributed by atoms with E-state index in [1.807, 2.05) is 12.4 Å². The van der Waals surface area contributed by atoms with Crippen LogP contribution in [0.2, 0.25) is 0 Å². The molecule has 0 atom stereocenters. The molecule has 1 aliphatic heterocycles. The van der Waals surface area contributed by atoms with Gasteiger partial charge in [-0.05, 0) is 18.8 Å². The third-order valence-electron chi connectivity index (χ3n) is 3.89. The minimum atomic E-state index is 0.771. The zero-order chi connectivity index (χ0) is 12.2. The van der Waals surface area contributed by atoms with Crippen molar-refractivity contribution in [3.63, 3.8) is 0 Å². The summed E-state index contributed by atoms with van der Waals surface area (Å²) in [5.41, 5.74) is 1.18. The van der Waals surface area contributed by atoms with Gasteiger partial charge < -0.3 is 15.0 Å². The maximum Gasteiger partial charge on any atom is 0.139 e. The molecule has 1 N–H and O–H groups in total. The van der Waals surface area contributed by atoms with Crippen LogP contribution in [0, 0.1) is 5.92 Å². The predicted molar refractivity (Wildman–Crippen MR) is 72.2 cm³/mol. The Balaban J connectivity index is 1.60. The number of anilines is 1. The molecule has 2 fully saturated rings. The van der Waals surface area contributed by atoms with Gasteiger partial charge in [-0.15, -0.1) is 0 Å². The normalized spacial score (nSPS) is 20.6. The molecule has 2 aliphatic rings. The van der Waals surface area contributed by atoms with Gasteiger partial charge in [0, 0.05) is 32.2 Å². The molecule has 18 heavy (non-hydrogen) atoms. The summed E-state index contributed by atoms with van der Waals surface area (Å²) in [6.07, 6.45) is 7.77. The van der Waals surface area contributed by atoms with Gasteiger partial charge in [-0.1, -0.05) is 6.42 Å². The predicted octanol–water partition coefficient (Wildman–Crippen LogP) is 1.67. The number of nitrogens with one attached hydrogen (secondary N) is 1. The van der Waals surface area contributed by atoms with Crippen LogP contribution in [0.4, 0.5) is 5.69 Å². The van der Waals surface area contributed by atoms with Crippen LogP contribution >= 0.6 is 0 Å². The maximum absolute atomic E-state index is 5.84. The van der Waals surface area contributed by atoms with Crippen LogP contribution in [0.5, 0.6) is 5.75 Å². The molecule has 0 spiro atoms. The fraction of sp³-hybridized carbons (Fsp3) is 0.643. The van der Waals surface area contributed by atoms with Crippen molar-refractivity contribution < 1.29 is 4.74 Å². The lowest BCUT2D eigenvalue weighted by atomic mass is 9.86. The fourth-order valence-electron chi connectivity index (χ4n) is 2.46. The summed E-state index contributed by atoms with van der Waals surface area (Å²) in [5, 5.41) is 3.36. The third kappa shape index (κ3) is 2.75. The second kappa shape index (κ2) is 5.57. The van der Waals surface area contributed by atoms with Gasteiger partial charge in [-0.25, -0.2) is 0 Å². The molecular formula is C14H21N3O. The molecule has 0 radical (unpaired) electrons. The molecule has 0 amide bonds. The van der Waals surface area contributed by atoms with E-state index in [9.17, 15) is 0 Å². The van der Waals surface area contributed by atoms with Gasteiger partial charge in [0.05, 0.1) is 24.7 Å². The van der Waals surface area contributed by atoms with Crippen LogP contribution in [0.25, 0.3) is 0 Å². The van der Waals surface area contributed by atoms with E-state index in [0.717, 1.165) is 44.5 Å². The summed E-state index contributed by atoms with van der Waals surface area (Å²) in [6, 6.07) is 2.12. The van der Waals surface area contributed by atoms with E-state index in [1.165, 1.54) is 24.9 Å². The maximum atomic E-state index is 5.84. The fourth-order valence-corrected chi connectivity index (χ4v) is 2.46. The lowest BCUT2D eigenvalue weighted by molar-refractivity contribution is 0.180. The molecule has 98 valence electrons. The Kier molecular flexibility index (Phi) is 3.64. The first kappa shape index (κ1) is 11.8. The van der Waals surface area contributed by atoms with Crippen molar-refractivity contribution in [3.05, 3.63) is 18.5 Å². The average molecular weight is 247 g/mol. The number of pyridine rings is 1. The number of nitrogens with zero attached hydrogens (tertiary/aromatic N) is 2.